The van der Waals surface area contributed by atoms with Gasteiger partial charge in [-0.25, -0.2) is 9.37 Å². The Morgan fingerprint density at radius 2 is 2.09 bits per heavy atom. The highest BCUT2D eigenvalue weighted by molar-refractivity contribution is 6.30. The van der Waals surface area contributed by atoms with Crippen molar-refractivity contribution in [2.75, 3.05) is 6.54 Å². The number of hydrogen-bond acceptors (Lipinski definition) is 4. The van der Waals surface area contributed by atoms with E-state index in [0.717, 1.165) is 18.4 Å². The number of carbonyl (C=O) groups excluding carboxylic acids is 1. The number of H-pyrrole nitrogens is 1. The molecule has 0 radical (unpaired) electrons. The topological polar surface area (TPSA) is 75.0 Å². The maximum Gasteiger partial charge on any atom is 0.272 e. The lowest BCUT2D eigenvalue weighted by molar-refractivity contribution is 0.0708. The quantitative estimate of drug-likeness (QED) is 0.440. The summed E-state index contributed by atoms with van der Waals surface area (Å²) >= 11 is 6.06. The standard InChI is InChI=1S/C24H20ClFN4O2/c25-16-6-3-5-15(11-16)12-17-14-27-23(32-17)22-9-4-10-30(22)24(31)21-13-20(28-29-21)18-7-1-2-8-19(18)26/h1-3,5-8,11,13-14,22H,4,9-10,12H2,(H,28,29). The van der Waals surface area contributed by atoms with Gasteiger partial charge in [0.2, 0.25) is 5.89 Å². The van der Waals surface area contributed by atoms with Gasteiger partial charge in [-0.2, -0.15) is 5.10 Å². The van der Waals surface area contributed by atoms with Crippen LogP contribution in [0, 0.1) is 5.82 Å². The van der Waals surface area contributed by atoms with Crippen LogP contribution in [0.2, 0.25) is 5.02 Å². The third kappa shape index (κ3) is 4.03. The molecule has 1 aliphatic heterocycles. The summed E-state index contributed by atoms with van der Waals surface area (Å²) in [5.74, 6) is 0.632. The first-order chi connectivity index (χ1) is 15.6. The van der Waals surface area contributed by atoms with Crippen LogP contribution in [-0.4, -0.2) is 32.5 Å². The Morgan fingerprint density at radius 3 is 2.94 bits per heavy atom. The van der Waals surface area contributed by atoms with Crippen LogP contribution in [0.1, 0.15) is 46.6 Å². The number of aromatic amines is 1. The van der Waals surface area contributed by atoms with Crippen LogP contribution in [0.15, 0.2) is 65.2 Å². The van der Waals surface area contributed by atoms with Gasteiger partial charge in [-0.05, 0) is 48.7 Å². The average Bonchev–Trinajstić information content (AvgIpc) is 3.54. The van der Waals surface area contributed by atoms with E-state index in [1.54, 1.807) is 35.4 Å². The van der Waals surface area contributed by atoms with Gasteiger partial charge < -0.3 is 9.32 Å². The summed E-state index contributed by atoms with van der Waals surface area (Å²) < 4.78 is 20.1. The van der Waals surface area contributed by atoms with Crippen LogP contribution in [-0.2, 0) is 6.42 Å². The van der Waals surface area contributed by atoms with Crippen LogP contribution in [0.4, 0.5) is 4.39 Å². The van der Waals surface area contributed by atoms with Crippen LogP contribution in [0.25, 0.3) is 11.3 Å². The van der Waals surface area contributed by atoms with Crippen molar-refractivity contribution < 1.29 is 13.6 Å². The van der Waals surface area contributed by atoms with E-state index in [1.165, 1.54) is 6.07 Å². The molecule has 5 rings (SSSR count). The number of benzene rings is 2. The van der Waals surface area contributed by atoms with E-state index in [9.17, 15) is 9.18 Å². The molecule has 4 aromatic rings. The molecule has 8 heteroatoms. The third-order valence-corrected chi connectivity index (χ3v) is 5.83. The molecule has 1 fully saturated rings. The fourth-order valence-corrected chi connectivity index (χ4v) is 4.28. The minimum atomic E-state index is -0.385. The number of rotatable bonds is 5. The number of amides is 1. The molecule has 1 atom stereocenters. The van der Waals surface area contributed by atoms with Gasteiger partial charge in [-0.1, -0.05) is 35.9 Å². The monoisotopic (exact) mass is 450 g/mol. The number of oxazole rings is 1. The van der Waals surface area contributed by atoms with Crippen molar-refractivity contribution in [3.63, 3.8) is 0 Å². The summed E-state index contributed by atoms with van der Waals surface area (Å²) in [6, 6.07) is 15.3. The van der Waals surface area contributed by atoms with Gasteiger partial charge in [0.15, 0.2) is 0 Å². The fraction of sp³-hybridized carbons (Fsp3) is 0.208. The first kappa shape index (κ1) is 20.5. The summed E-state index contributed by atoms with van der Waals surface area (Å²) in [5, 5.41) is 7.56. The molecule has 2 aromatic carbocycles. The summed E-state index contributed by atoms with van der Waals surface area (Å²) in [6.07, 6.45) is 3.87. The van der Waals surface area contributed by atoms with Crippen molar-refractivity contribution in [3.05, 3.63) is 94.5 Å². The van der Waals surface area contributed by atoms with E-state index in [4.69, 9.17) is 16.0 Å². The molecule has 1 amide bonds. The minimum Gasteiger partial charge on any atom is -0.443 e. The van der Waals surface area contributed by atoms with E-state index in [2.05, 4.69) is 15.2 Å². The van der Waals surface area contributed by atoms with Gasteiger partial charge in [0, 0.05) is 23.6 Å². The van der Waals surface area contributed by atoms with E-state index in [1.807, 2.05) is 24.3 Å². The lowest BCUT2D eigenvalue weighted by Crippen LogP contribution is -2.31. The Balaban J connectivity index is 1.33. The zero-order valence-corrected chi connectivity index (χ0v) is 17.8. The fourth-order valence-electron chi connectivity index (χ4n) is 4.07. The minimum absolute atomic E-state index is 0.211. The van der Waals surface area contributed by atoms with Gasteiger partial charge in [0.25, 0.3) is 5.91 Å². The lowest BCUT2D eigenvalue weighted by Gasteiger charge is -2.21. The summed E-state index contributed by atoms with van der Waals surface area (Å²) in [7, 11) is 0. The number of aromatic nitrogens is 3. The van der Waals surface area contributed by atoms with Crippen LogP contribution in [0.3, 0.4) is 0 Å². The number of hydrogen-bond donors (Lipinski definition) is 1. The smallest absolute Gasteiger partial charge is 0.272 e. The highest BCUT2D eigenvalue weighted by atomic mass is 35.5. The van der Waals surface area contributed by atoms with Crippen molar-refractivity contribution in [1.82, 2.24) is 20.1 Å². The molecule has 32 heavy (non-hydrogen) atoms. The van der Waals surface area contributed by atoms with Crippen LogP contribution < -0.4 is 0 Å². The zero-order valence-electron chi connectivity index (χ0n) is 17.1. The first-order valence-corrected chi connectivity index (χ1v) is 10.8. The molecule has 3 heterocycles. The summed E-state index contributed by atoms with van der Waals surface area (Å²) in [5.41, 5.74) is 2.07. The highest BCUT2D eigenvalue weighted by Crippen LogP contribution is 2.33. The maximum absolute atomic E-state index is 14.1. The molecule has 0 bridgehead atoms. The van der Waals surface area contributed by atoms with E-state index in [0.29, 0.717) is 46.6 Å². The number of likely N-dealkylation sites (tertiary alicyclic amines) is 1. The second-order valence-electron chi connectivity index (χ2n) is 7.77. The van der Waals surface area contributed by atoms with Gasteiger partial charge in [-0.3, -0.25) is 9.89 Å². The first-order valence-electron chi connectivity index (χ1n) is 10.4. The third-order valence-electron chi connectivity index (χ3n) is 5.60. The number of halogens is 2. The van der Waals surface area contributed by atoms with Gasteiger partial charge in [-0.15, -0.1) is 0 Å². The Kier molecular flexibility index (Phi) is 5.49. The molecule has 6 nitrogen and oxygen atoms in total. The van der Waals surface area contributed by atoms with E-state index < -0.39 is 0 Å². The van der Waals surface area contributed by atoms with Crippen molar-refractivity contribution >= 4 is 17.5 Å². The summed E-state index contributed by atoms with van der Waals surface area (Å²) in [6.45, 7) is 0.587. The molecule has 1 N–H and O–H groups in total. The van der Waals surface area contributed by atoms with E-state index in [-0.39, 0.29) is 17.8 Å². The lowest BCUT2D eigenvalue weighted by atomic mass is 10.1. The Labute approximate surface area is 189 Å². The second-order valence-corrected chi connectivity index (χ2v) is 8.21. The molecule has 1 saturated heterocycles. The van der Waals surface area contributed by atoms with Crippen molar-refractivity contribution in [3.8, 4) is 11.3 Å². The molecule has 2 aromatic heterocycles. The largest absolute Gasteiger partial charge is 0.443 e. The van der Waals surface area contributed by atoms with Gasteiger partial charge in [0.1, 0.15) is 23.3 Å². The second kappa shape index (κ2) is 8.59. The normalized spacial score (nSPS) is 15.9. The Bertz CT molecular complexity index is 1270. The number of carbonyl (C=O) groups is 1. The Morgan fingerprint density at radius 1 is 1.22 bits per heavy atom. The molecule has 162 valence electrons. The molecule has 0 spiro atoms. The SMILES string of the molecule is O=C(c1cc(-c2ccccc2F)n[nH]1)N1CCCC1c1ncc(Cc2cccc(Cl)c2)o1. The molecular formula is C24H20ClFN4O2. The van der Waals surface area contributed by atoms with Crippen LogP contribution in [0.5, 0.6) is 0 Å². The van der Waals surface area contributed by atoms with Crippen molar-refractivity contribution in [2.24, 2.45) is 0 Å². The molecule has 0 saturated carbocycles. The molecule has 1 aliphatic rings. The van der Waals surface area contributed by atoms with Crippen molar-refractivity contribution in [1.29, 1.82) is 0 Å². The van der Waals surface area contributed by atoms with Crippen LogP contribution >= 0.6 is 11.6 Å². The average molecular weight is 451 g/mol. The van der Waals surface area contributed by atoms with Gasteiger partial charge in [0.05, 0.1) is 11.9 Å². The predicted octanol–water partition coefficient (Wildman–Crippen LogP) is 5.43. The zero-order chi connectivity index (χ0) is 22.1. The summed E-state index contributed by atoms with van der Waals surface area (Å²) in [4.78, 5) is 19.3. The molecule has 0 aliphatic carbocycles. The van der Waals surface area contributed by atoms with E-state index >= 15 is 0 Å². The maximum atomic E-state index is 14.1. The number of nitrogens with zero attached hydrogens (tertiary/aromatic N) is 3. The van der Waals surface area contributed by atoms with Crippen molar-refractivity contribution in [2.45, 2.75) is 25.3 Å². The Hall–Kier alpha value is -3.45. The number of nitrogens with one attached hydrogen (secondary N) is 1. The molecule has 1 unspecified atom stereocenters. The highest BCUT2D eigenvalue weighted by Gasteiger charge is 2.34. The van der Waals surface area contributed by atoms with Gasteiger partial charge >= 0.3 is 0 Å². The predicted molar refractivity (Wildman–Crippen MR) is 118 cm³/mol. The molecular weight excluding hydrogens is 431 g/mol.